The lowest BCUT2D eigenvalue weighted by Gasteiger charge is -2.23. The Labute approximate surface area is 242 Å². The van der Waals surface area contributed by atoms with Crippen LogP contribution >= 0.6 is 0 Å². The zero-order valence-corrected chi connectivity index (χ0v) is 23.2. The lowest BCUT2D eigenvalue weighted by Crippen LogP contribution is -2.33. The molecule has 5 rings (SSSR count). The van der Waals surface area contributed by atoms with Gasteiger partial charge in [0, 0.05) is 54.0 Å². The second-order valence-corrected chi connectivity index (χ2v) is 10.0. The van der Waals surface area contributed by atoms with Crippen LogP contribution in [-0.2, 0) is 4.79 Å². The van der Waals surface area contributed by atoms with Gasteiger partial charge in [-0.1, -0.05) is 66.2 Å². The summed E-state index contributed by atoms with van der Waals surface area (Å²) >= 11 is 0. The van der Waals surface area contributed by atoms with E-state index in [0.29, 0.717) is 16.9 Å². The summed E-state index contributed by atoms with van der Waals surface area (Å²) in [6, 6.07) is 27.9. The van der Waals surface area contributed by atoms with Crippen LogP contribution in [-0.4, -0.2) is 37.2 Å². The number of fused-ring (bicyclic) bond motifs is 1. The van der Waals surface area contributed by atoms with Crippen molar-refractivity contribution < 1.29 is 23.2 Å². The summed E-state index contributed by atoms with van der Waals surface area (Å²) in [6.07, 6.45) is 0.242. The van der Waals surface area contributed by atoms with Crippen LogP contribution in [0.4, 0.5) is 20.2 Å². The van der Waals surface area contributed by atoms with Crippen molar-refractivity contribution in [1.29, 1.82) is 0 Å². The standard InChI is InChI=1S/C34H29F2N3O3/c1-22-11-13-23(14-12-22)26-7-3-4-8-27(26)32(41)38-25-17-15-24(16-18-25)33(42)39-20-19-34(35,36)29(21-31(40)37-2)28-9-5-6-10-30(28)39/h3-18,21H,19-20H2,1-2H3,(H,37,40)(H,38,41). The molecule has 0 aliphatic carbocycles. The topological polar surface area (TPSA) is 78.5 Å². The number of halogens is 2. The zero-order valence-electron chi connectivity index (χ0n) is 23.2. The summed E-state index contributed by atoms with van der Waals surface area (Å²) in [5.74, 6) is -4.74. The number of hydrogen-bond acceptors (Lipinski definition) is 3. The molecule has 0 fully saturated rings. The van der Waals surface area contributed by atoms with E-state index in [1.54, 1.807) is 54.6 Å². The predicted octanol–water partition coefficient (Wildman–Crippen LogP) is 6.73. The maximum absolute atomic E-state index is 15.2. The molecule has 1 aliphatic rings. The second-order valence-electron chi connectivity index (χ2n) is 10.0. The fourth-order valence-corrected chi connectivity index (χ4v) is 4.96. The van der Waals surface area contributed by atoms with Crippen LogP contribution in [0.25, 0.3) is 16.7 Å². The van der Waals surface area contributed by atoms with Crippen molar-refractivity contribution in [3.05, 3.63) is 125 Å². The molecule has 0 atom stereocenters. The average Bonchev–Trinajstić information content (AvgIpc) is 3.11. The van der Waals surface area contributed by atoms with E-state index in [4.69, 9.17) is 0 Å². The number of carbonyl (C=O) groups excluding carboxylic acids is 3. The fraction of sp³-hybridized carbons (Fsp3) is 0.147. The van der Waals surface area contributed by atoms with Gasteiger partial charge in [0.25, 0.3) is 17.7 Å². The Morgan fingerprint density at radius 1 is 0.833 bits per heavy atom. The van der Waals surface area contributed by atoms with E-state index in [1.807, 2.05) is 43.3 Å². The Kier molecular flexibility index (Phi) is 7.97. The lowest BCUT2D eigenvalue weighted by molar-refractivity contribution is -0.116. The second kappa shape index (κ2) is 11.8. The summed E-state index contributed by atoms with van der Waals surface area (Å²) in [4.78, 5) is 40.1. The smallest absolute Gasteiger partial charge is 0.275 e. The van der Waals surface area contributed by atoms with Gasteiger partial charge in [-0.05, 0) is 54.4 Å². The molecule has 2 N–H and O–H groups in total. The molecule has 1 aliphatic heterocycles. The van der Waals surface area contributed by atoms with Gasteiger partial charge >= 0.3 is 0 Å². The average molecular weight is 566 g/mol. The van der Waals surface area contributed by atoms with Crippen LogP contribution in [0.3, 0.4) is 0 Å². The maximum Gasteiger partial charge on any atom is 0.275 e. The van der Waals surface area contributed by atoms with Crippen molar-refractivity contribution in [3.8, 4) is 11.1 Å². The van der Waals surface area contributed by atoms with Crippen LogP contribution in [0.2, 0.25) is 0 Å². The zero-order chi connectivity index (χ0) is 29.9. The van der Waals surface area contributed by atoms with E-state index in [2.05, 4.69) is 10.6 Å². The van der Waals surface area contributed by atoms with Gasteiger partial charge in [0.2, 0.25) is 5.91 Å². The van der Waals surface area contributed by atoms with Crippen molar-refractivity contribution in [2.75, 3.05) is 23.8 Å². The minimum absolute atomic E-state index is 0.119. The number of hydrogen-bond donors (Lipinski definition) is 2. The summed E-state index contributed by atoms with van der Waals surface area (Å²) in [7, 11) is 1.37. The first-order valence-corrected chi connectivity index (χ1v) is 13.5. The third-order valence-electron chi connectivity index (χ3n) is 7.22. The van der Waals surface area contributed by atoms with Crippen LogP contribution in [0.1, 0.15) is 38.3 Å². The van der Waals surface area contributed by atoms with Crippen molar-refractivity contribution >= 4 is 34.7 Å². The van der Waals surface area contributed by atoms with E-state index in [0.717, 1.165) is 22.8 Å². The minimum atomic E-state index is -3.32. The van der Waals surface area contributed by atoms with Gasteiger partial charge in [0.1, 0.15) is 0 Å². The van der Waals surface area contributed by atoms with Crippen molar-refractivity contribution in [1.82, 2.24) is 5.32 Å². The molecular weight excluding hydrogens is 536 g/mol. The van der Waals surface area contributed by atoms with Gasteiger partial charge in [0.15, 0.2) is 0 Å². The first-order valence-electron chi connectivity index (χ1n) is 13.5. The van der Waals surface area contributed by atoms with Gasteiger partial charge in [-0.25, -0.2) is 8.78 Å². The molecule has 0 saturated carbocycles. The molecule has 6 nitrogen and oxygen atoms in total. The molecule has 0 bridgehead atoms. The third-order valence-corrected chi connectivity index (χ3v) is 7.22. The molecule has 1 heterocycles. The quantitative estimate of drug-likeness (QED) is 0.264. The molecule has 8 heteroatoms. The Balaban J connectivity index is 1.39. The molecule has 0 saturated heterocycles. The molecule has 3 amide bonds. The number of anilines is 2. The van der Waals surface area contributed by atoms with Crippen LogP contribution < -0.4 is 15.5 Å². The van der Waals surface area contributed by atoms with Gasteiger partial charge in [0.05, 0.1) is 5.69 Å². The van der Waals surface area contributed by atoms with E-state index in [9.17, 15) is 14.4 Å². The van der Waals surface area contributed by atoms with E-state index in [-0.39, 0.29) is 23.6 Å². The molecule has 0 aromatic heterocycles. The van der Waals surface area contributed by atoms with Crippen LogP contribution in [0.15, 0.2) is 103 Å². The van der Waals surface area contributed by atoms with Crippen molar-refractivity contribution in [2.45, 2.75) is 19.3 Å². The normalized spacial score (nSPS) is 15.0. The SMILES string of the molecule is CNC(=O)C=C1c2ccccc2N(C(=O)c2ccc(NC(=O)c3ccccc3-c3ccc(C)cc3)cc2)CCC1(F)F. The monoisotopic (exact) mass is 565 g/mol. The summed E-state index contributed by atoms with van der Waals surface area (Å²) in [5, 5.41) is 5.23. The predicted molar refractivity (Wildman–Crippen MR) is 161 cm³/mol. The maximum atomic E-state index is 15.2. The van der Waals surface area contributed by atoms with Crippen LogP contribution in [0.5, 0.6) is 0 Å². The number of nitrogens with zero attached hydrogens (tertiary/aromatic N) is 1. The fourth-order valence-electron chi connectivity index (χ4n) is 4.96. The third kappa shape index (κ3) is 5.83. The molecule has 4 aromatic rings. The van der Waals surface area contributed by atoms with E-state index >= 15 is 8.78 Å². The molecular formula is C34H29F2N3O3. The highest BCUT2D eigenvalue weighted by Crippen LogP contribution is 2.43. The Morgan fingerprint density at radius 3 is 2.17 bits per heavy atom. The van der Waals surface area contributed by atoms with E-state index in [1.165, 1.54) is 18.0 Å². The Hall–Kier alpha value is -5.11. The number of para-hydroxylation sites is 1. The van der Waals surface area contributed by atoms with Gasteiger partial charge in [-0.2, -0.15) is 0 Å². The molecule has 4 aromatic carbocycles. The summed E-state index contributed by atoms with van der Waals surface area (Å²) in [5.41, 5.74) is 4.06. The number of amides is 3. The van der Waals surface area contributed by atoms with E-state index < -0.39 is 29.7 Å². The first kappa shape index (κ1) is 28.4. The number of alkyl halides is 2. The van der Waals surface area contributed by atoms with Gasteiger partial charge in [-0.3, -0.25) is 14.4 Å². The number of aryl methyl sites for hydroxylation is 1. The van der Waals surface area contributed by atoms with Gasteiger partial charge < -0.3 is 15.5 Å². The highest BCUT2D eigenvalue weighted by atomic mass is 19.3. The summed E-state index contributed by atoms with van der Waals surface area (Å²) < 4.78 is 30.4. The first-order chi connectivity index (χ1) is 20.2. The number of rotatable bonds is 5. The molecule has 0 unspecified atom stereocenters. The Morgan fingerprint density at radius 2 is 1.48 bits per heavy atom. The number of allylic oxidation sites excluding steroid dienone is 1. The highest BCUT2D eigenvalue weighted by Gasteiger charge is 2.41. The molecule has 0 spiro atoms. The Bertz CT molecular complexity index is 1680. The minimum Gasteiger partial charge on any atom is -0.356 e. The summed E-state index contributed by atoms with van der Waals surface area (Å²) in [6.45, 7) is 1.75. The number of nitrogens with one attached hydrogen (secondary N) is 2. The number of benzene rings is 4. The number of likely N-dealkylation sites (N-methyl/N-ethyl adjacent to an activating group) is 1. The molecule has 42 heavy (non-hydrogen) atoms. The lowest BCUT2D eigenvalue weighted by atomic mass is 9.97. The van der Waals surface area contributed by atoms with Crippen molar-refractivity contribution in [2.24, 2.45) is 0 Å². The number of carbonyl (C=O) groups is 3. The van der Waals surface area contributed by atoms with Gasteiger partial charge in [-0.15, -0.1) is 0 Å². The van der Waals surface area contributed by atoms with Crippen LogP contribution in [0, 0.1) is 6.92 Å². The molecule has 0 radical (unpaired) electrons. The highest BCUT2D eigenvalue weighted by molar-refractivity contribution is 6.11. The van der Waals surface area contributed by atoms with Crippen molar-refractivity contribution in [3.63, 3.8) is 0 Å². The molecule has 212 valence electrons. The largest absolute Gasteiger partial charge is 0.356 e.